The van der Waals surface area contributed by atoms with Crippen molar-refractivity contribution in [3.8, 4) is 5.75 Å². The van der Waals surface area contributed by atoms with Crippen molar-refractivity contribution >= 4 is 11.8 Å². The van der Waals surface area contributed by atoms with Crippen LogP contribution in [0.3, 0.4) is 0 Å². The minimum Gasteiger partial charge on any atom is -0.507 e. The molecule has 0 radical (unpaired) electrons. The first-order valence-electron chi connectivity index (χ1n) is 4.00. The monoisotopic (exact) mass is 195 g/mol. The van der Waals surface area contributed by atoms with Crippen LogP contribution in [0.25, 0.3) is 0 Å². The van der Waals surface area contributed by atoms with Gasteiger partial charge in [-0.2, -0.15) is 0 Å². The minimum atomic E-state index is 0.330. The second kappa shape index (κ2) is 4.82. The molecule has 13 heavy (non-hydrogen) atoms. The Morgan fingerprint density at radius 3 is 2.85 bits per heavy atom. The zero-order chi connectivity index (χ0) is 9.68. The normalized spacial score (nSPS) is 9.62. The van der Waals surface area contributed by atoms with Crippen molar-refractivity contribution in [2.24, 2.45) is 0 Å². The Morgan fingerprint density at radius 1 is 1.54 bits per heavy atom. The highest BCUT2D eigenvalue weighted by Gasteiger charge is 2.00. The molecule has 0 heterocycles. The van der Waals surface area contributed by atoms with Crippen LogP contribution in [0.4, 0.5) is 0 Å². The molecule has 1 rings (SSSR count). The predicted molar refractivity (Wildman–Crippen MR) is 57.0 cm³/mol. The Hall–Kier alpha value is -1.09. The van der Waals surface area contributed by atoms with Crippen LogP contribution in [0.2, 0.25) is 0 Å². The SMILES string of the molecule is C=C(CSc1ccccc1O)NC. The first kappa shape index (κ1) is 9.99. The molecule has 0 saturated heterocycles. The summed E-state index contributed by atoms with van der Waals surface area (Å²) >= 11 is 1.57. The van der Waals surface area contributed by atoms with E-state index in [0.29, 0.717) is 5.75 Å². The van der Waals surface area contributed by atoms with Crippen LogP contribution in [0.15, 0.2) is 41.4 Å². The Kier molecular flexibility index (Phi) is 3.71. The summed E-state index contributed by atoms with van der Waals surface area (Å²) in [6.07, 6.45) is 0. The maximum Gasteiger partial charge on any atom is 0.129 e. The van der Waals surface area contributed by atoms with Crippen LogP contribution in [0.1, 0.15) is 0 Å². The highest BCUT2D eigenvalue weighted by Crippen LogP contribution is 2.28. The van der Waals surface area contributed by atoms with Crippen LogP contribution in [-0.4, -0.2) is 17.9 Å². The highest BCUT2D eigenvalue weighted by atomic mass is 32.2. The number of hydrogen-bond donors (Lipinski definition) is 2. The molecule has 3 heteroatoms. The van der Waals surface area contributed by atoms with E-state index in [4.69, 9.17) is 0 Å². The lowest BCUT2D eigenvalue weighted by atomic mass is 10.3. The smallest absolute Gasteiger partial charge is 0.129 e. The molecule has 0 bridgehead atoms. The van der Waals surface area contributed by atoms with Gasteiger partial charge in [-0.1, -0.05) is 18.7 Å². The number of benzene rings is 1. The molecule has 0 saturated carbocycles. The Bertz CT molecular complexity index is 299. The third-order valence-electron chi connectivity index (χ3n) is 1.62. The predicted octanol–water partition coefficient (Wildman–Crippen LogP) is 2.22. The molecular weight excluding hydrogens is 182 g/mol. The number of thioether (sulfide) groups is 1. The van der Waals surface area contributed by atoms with Crippen LogP contribution in [0.5, 0.6) is 5.75 Å². The first-order valence-corrected chi connectivity index (χ1v) is 4.99. The number of nitrogens with one attached hydrogen (secondary N) is 1. The van der Waals surface area contributed by atoms with Gasteiger partial charge >= 0.3 is 0 Å². The summed E-state index contributed by atoms with van der Waals surface area (Å²) in [5.41, 5.74) is 0.952. The lowest BCUT2D eigenvalue weighted by Crippen LogP contribution is -2.05. The summed E-state index contributed by atoms with van der Waals surface area (Å²) in [7, 11) is 1.84. The van der Waals surface area contributed by atoms with Crippen molar-refractivity contribution in [3.05, 3.63) is 36.5 Å². The third kappa shape index (κ3) is 3.03. The summed E-state index contributed by atoms with van der Waals surface area (Å²) in [6, 6.07) is 7.30. The molecule has 0 amide bonds. The summed E-state index contributed by atoms with van der Waals surface area (Å²) in [5.74, 6) is 1.10. The fraction of sp³-hybridized carbons (Fsp3) is 0.200. The van der Waals surface area contributed by atoms with E-state index in [-0.39, 0.29) is 0 Å². The van der Waals surface area contributed by atoms with Gasteiger partial charge in [-0.25, -0.2) is 0 Å². The molecule has 70 valence electrons. The lowest BCUT2D eigenvalue weighted by molar-refractivity contribution is 0.462. The number of hydrogen-bond acceptors (Lipinski definition) is 3. The Morgan fingerprint density at radius 2 is 2.23 bits per heavy atom. The van der Waals surface area contributed by atoms with Gasteiger partial charge in [-0.05, 0) is 12.1 Å². The Labute approximate surface area is 82.7 Å². The summed E-state index contributed by atoms with van der Waals surface area (Å²) in [4.78, 5) is 0.888. The van der Waals surface area contributed by atoms with E-state index >= 15 is 0 Å². The van der Waals surface area contributed by atoms with E-state index in [0.717, 1.165) is 16.3 Å². The zero-order valence-corrected chi connectivity index (χ0v) is 8.40. The maximum absolute atomic E-state index is 9.43. The van der Waals surface area contributed by atoms with E-state index in [1.54, 1.807) is 17.8 Å². The van der Waals surface area contributed by atoms with E-state index < -0.39 is 0 Å². The van der Waals surface area contributed by atoms with E-state index in [1.807, 2.05) is 25.2 Å². The molecule has 2 nitrogen and oxygen atoms in total. The quantitative estimate of drug-likeness (QED) is 0.722. The second-order valence-corrected chi connectivity index (χ2v) is 3.63. The van der Waals surface area contributed by atoms with E-state index in [2.05, 4.69) is 11.9 Å². The number of rotatable bonds is 4. The van der Waals surface area contributed by atoms with Crippen molar-refractivity contribution in [2.75, 3.05) is 12.8 Å². The van der Waals surface area contributed by atoms with Crippen LogP contribution in [-0.2, 0) is 0 Å². The van der Waals surface area contributed by atoms with Gasteiger partial charge in [-0.3, -0.25) is 0 Å². The topological polar surface area (TPSA) is 32.3 Å². The summed E-state index contributed by atoms with van der Waals surface area (Å²) in [6.45, 7) is 3.80. The molecule has 0 aliphatic carbocycles. The fourth-order valence-corrected chi connectivity index (χ4v) is 1.68. The van der Waals surface area contributed by atoms with Crippen molar-refractivity contribution in [2.45, 2.75) is 4.90 Å². The molecule has 1 aromatic carbocycles. The van der Waals surface area contributed by atoms with Crippen LogP contribution < -0.4 is 5.32 Å². The van der Waals surface area contributed by atoms with Crippen molar-refractivity contribution in [1.29, 1.82) is 0 Å². The number of aromatic hydroxyl groups is 1. The average molecular weight is 195 g/mol. The molecule has 0 fully saturated rings. The number of phenols is 1. The largest absolute Gasteiger partial charge is 0.507 e. The molecule has 0 spiro atoms. The average Bonchev–Trinajstić information content (AvgIpc) is 2.16. The second-order valence-electron chi connectivity index (χ2n) is 2.61. The summed E-state index contributed by atoms with van der Waals surface area (Å²) < 4.78 is 0. The fourth-order valence-electron chi connectivity index (χ4n) is 0.816. The van der Waals surface area contributed by atoms with Crippen molar-refractivity contribution < 1.29 is 5.11 Å². The molecule has 0 aliphatic rings. The van der Waals surface area contributed by atoms with Gasteiger partial charge in [0, 0.05) is 23.4 Å². The molecule has 0 aromatic heterocycles. The zero-order valence-electron chi connectivity index (χ0n) is 7.58. The van der Waals surface area contributed by atoms with Gasteiger partial charge in [-0.15, -0.1) is 11.8 Å². The van der Waals surface area contributed by atoms with Crippen LogP contribution >= 0.6 is 11.8 Å². The molecule has 0 unspecified atom stereocenters. The van der Waals surface area contributed by atoms with Gasteiger partial charge < -0.3 is 10.4 Å². The van der Waals surface area contributed by atoms with Crippen molar-refractivity contribution in [1.82, 2.24) is 5.32 Å². The standard InChI is InChI=1S/C10H13NOS/c1-8(11-2)7-13-10-6-4-3-5-9(10)12/h3-6,11-12H,1,7H2,2H3. The summed E-state index contributed by atoms with van der Waals surface area (Å²) in [5, 5.41) is 12.4. The molecular formula is C10H13NOS. The maximum atomic E-state index is 9.43. The van der Waals surface area contributed by atoms with Gasteiger partial charge in [0.15, 0.2) is 0 Å². The van der Waals surface area contributed by atoms with E-state index in [1.165, 1.54) is 0 Å². The highest BCUT2D eigenvalue weighted by molar-refractivity contribution is 7.99. The van der Waals surface area contributed by atoms with Crippen LogP contribution in [0, 0.1) is 0 Å². The van der Waals surface area contributed by atoms with Gasteiger partial charge in [0.2, 0.25) is 0 Å². The molecule has 0 aliphatic heterocycles. The van der Waals surface area contributed by atoms with E-state index in [9.17, 15) is 5.11 Å². The number of phenolic OH excluding ortho intramolecular Hbond substituents is 1. The minimum absolute atomic E-state index is 0.330. The molecule has 2 N–H and O–H groups in total. The van der Waals surface area contributed by atoms with Gasteiger partial charge in [0.05, 0.1) is 0 Å². The Balaban J connectivity index is 2.54. The lowest BCUT2D eigenvalue weighted by Gasteiger charge is -2.05. The third-order valence-corrected chi connectivity index (χ3v) is 2.77. The van der Waals surface area contributed by atoms with Gasteiger partial charge in [0.25, 0.3) is 0 Å². The first-order chi connectivity index (χ1) is 6.24. The van der Waals surface area contributed by atoms with Crippen molar-refractivity contribution in [3.63, 3.8) is 0 Å². The molecule has 1 aromatic rings. The number of para-hydroxylation sites is 1. The van der Waals surface area contributed by atoms with Gasteiger partial charge in [0.1, 0.15) is 5.75 Å². The molecule has 0 atom stereocenters.